The van der Waals surface area contributed by atoms with E-state index in [4.69, 9.17) is 28.4 Å². The lowest BCUT2D eigenvalue weighted by atomic mass is 9.78. The summed E-state index contributed by atoms with van der Waals surface area (Å²) in [7, 11) is 0. The lowest BCUT2D eigenvalue weighted by Gasteiger charge is -2.44. The zero-order valence-electron chi connectivity index (χ0n) is 16.3. The zero-order chi connectivity index (χ0) is 19.4. The number of hydrogen-bond acceptors (Lipinski definition) is 7. The van der Waals surface area contributed by atoms with Crippen molar-refractivity contribution in [3.63, 3.8) is 0 Å². The summed E-state index contributed by atoms with van der Waals surface area (Å²) in [5.74, 6) is 4.32. The number of ether oxygens (including phenoxy) is 6. The van der Waals surface area contributed by atoms with Gasteiger partial charge in [0.25, 0.3) is 0 Å². The fourth-order valence-corrected chi connectivity index (χ4v) is 4.80. The van der Waals surface area contributed by atoms with Crippen LogP contribution in [0, 0.1) is 5.92 Å². The van der Waals surface area contributed by atoms with E-state index in [9.17, 15) is 0 Å². The van der Waals surface area contributed by atoms with Gasteiger partial charge in [0.1, 0.15) is 5.75 Å². The molecule has 1 saturated heterocycles. The van der Waals surface area contributed by atoms with E-state index < -0.39 is 0 Å². The molecule has 6 rings (SSSR count). The van der Waals surface area contributed by atoms with Gasteiger partial charge in [-0.25, -0.2) is 0 Å². The predicted octanol–water partition coefficient (Wildman–Crippen LogP) is 2.96. The van der Waals surface area contributed by atoms with Gasteiger partial charge in [-0.1, -0.05) is 13.0 Å². The maximum absolute atomic E-state index is 6.53. The molecule has 0 unspecified atom stereocenters. The quantitative estimate of drug-likeness (QED) is 0.772. The number of fused-ring (bicyclic) bond motifs is 3. The first-order valence-corrected chi connectivity index (χ1v) is 10.1. The van der Waals surface area contributed by atoms with Crippen LogP contribution < -0.4 is 23.7 Å². The van der Waals surface area contributed by atoms with E-state index >= 15 is 0 Å². The maximum Gasteiger partial charge on any atom is 0.231 e. The van der Waals surface area contributed by atoms with Gasteiger partial charge in [0.05, 0.1) is 13.2 Å². The molecule has 4 aliphatic heterocycles. The molecule has 2 aromatic carbocycles. The van der Waals surface area contributed by atoms with Gasteiger partial charge in [-0.3, -0.25) is 4.90 Å². The van der Waals surface area contributed by atoms with Crippen LogP contribution in [0.1, 0.15) is 24.0 Å². The summed E-state index contributed by atoms with van der Waals surface area (Å²) < 4.78 is 34.5. The molecule has 1 fully saturated rings. The number of benzene rings is 2. The second kappa shape index (κ2) is 6.71. The molecule has 0 radical (unpaired) electrons. The molecule has 29 heavy (non-hydrogen) atoms. The van der Waals surface area contributed by atoms with Crippen molar-refractivity contribution >= 4 is 0 Å². The Morgan fingerprint density at radius 1 is 0.793 bits per heavy atom. The SMILES string of the molecule is C[C@H]1[C@H](c2ccc3c(c2)OCO3)c2cc3c(cc2O[C@@H]1N1CCOCC1)OCO3. The highest BCUT2D eigenvalue weighted by atomic mass is 16.7. The van der Waals surface area contributed by atoms with Gasteiger partial charge < -0.3 is 28.4 Å². The summed E-state index contributed by atoms with van der Waals surface area (Å²) in [4.78, 5) is 2.38. The van der Waals surface area contributed by atoms with Crippen LogP contribution in [0.5, 0.6) is 28.7 Å². The number of hydrogen-bond donors (Lipinski definition) is 0. The molecular weight excluding hydrogens is 374 g/mol. The first-order chi connectivity index (χ1) is 14.3. The Kier molecular flexibility index (Phi) is 3.99. The van der Waals surface area contributed by atoms with Crippen molar-refractivity contribution in [3.8, 4) is 28.7 Å². The topological polar surface area (TPSA) is 58.6 Å². The van der Waals surface area contributed by atoms with E-state index in [0.29, 0.717) is 0 Å². The van der Waals surface area contributed by atoms with Crippen LogP contribution in [0.15, 0.2) is 30.3 Å². The first kappa shape index (κ1) is 17.2. The average molecular weight is 397 g/mol. The number of rotatable bonds is 2. The highest BCUT2D eigenvalue weighted by molar-refractivity contribution is 5.57. The average Bonchev–Trinajstić information content (AvgIpc) is 3.41. The Labute approximate surface area is 169 Å². The van der Waals surface area contributed by atoms with Gasteiger partial charge in [-0.15, -0.1) is 0 Å². The van der Waals surface area contributed by atoms with E-state index in [1.807, 2.05) is 12.1 Å². The maximum atomic E-state index is 6.53. The largest absolute Gasteiger partial charge is 0.474 e. The van der Waals surface area contributed by atoms with Crippen molar-refractivity contribution in [1.82, 2.24) is 4.90 Å². The van der Waals surface area contributed by atoms with Gasteiger partial charge in [0.2, 0.25) is 13.6 Å². The van der Waals surface area contributed by atoms with Crippen molar-refractivity contribution in [1.29, 1.82) is 0 Å². The van der Waals surface area contributed by atoms with Crippen LogP contribution >= 0.6 is 0 Å². The summed E-state index contributed by atoms with van der Waals surface area (Å²) in [6, 6.07) is 10.3. The van der Waals surface area contributed by atoms with Crippen molar-refractivity contribution in [3.05, 3.63) is 41.5 Å². The monoisotopic (exact) mass is 397 g/mol. The van der Waals surface area contributed by atoms with E-state index in [-0.39, 0.29) is 31.6 Å². The van der Waals surface area contributed by atoms with E-state index in [2.05, 4.69) is 30.0 Å². The van der Waals surface area contributed by atoms with Gasteiger partial charge in [-0.05, 0) is 23.8 Å². The minimum atomic E-state index is -0.0396. The summed E-state index contributed by atoms with van der Waals surface area (Å²) >= 11 is 0. The normalized spacial score (nSPS) is 27.4. The van der Waals surface area contributed by atoms with Crippen molar-refractivity contribution < 1.29 is 28.4 Å². The lowest BCUT2D eigenvalue weighted by Crippen LogP contribution is -2.52. The summed E-state index contributed by atoms with van der Waals surface area (Å²) in [6.45, 7) is 5.96. The first-order valence-electron chi connectivity index (χ1n) is 10.1. The van der Waals surface area contributed by atoms with Crippen LogP contribution in [-0.4, -0.2) is 51.0 Å². The highest BCUT2D eigenvalue weighted by Crippen LogP contribution is 2.50. The Morgan fingerprint density at radius 2 is 1.48 bits per heavy atom. The Balaban J connectivity index is 1.45. The van der Waals surface area contributed by atoms with Crippen LogP contribution in [0.25, 0.3) is 0 Å². The number of nitrogens with zero attached hydrogens (tertiary/aromatic N) is 1. The Hall–Kier alpha value is -2.64. The molecule has 7 nitrogen and oxygen atoms in total. The molecule has 0 amide bonds. The minimum absolute atomic E-state index is 0.0396. The molecule has 2 aromatic rings. The van der Waals surface area contributed by atoms with Crippen molar-refractivity contribution in [2.75, 3.05) is 39.9 Å². The van der Waals surface area contributed by atoms with Crippen LogP contribution in [0.3, 0.4) is 0 Å². The Morgan fingerprint density at radius 3 is 2.28 bits per heavy atom. The predicted molar refractivity (Wildman–Crippen MR) is 103 cm³/mol. The standard InChI is InChI=1S/C22H23NO6/c1-13-21(14-2-3-16-18(8-14)26-11-25-16)15-9-19-20(28-12-27-19)10-17(15)29-22(13)23-4-6-24-7-5-23/h2-3,8-10,13,21-22H,4-7,11-12H2,1H3/t13-,21+,22-/m0/s1. The van der Waals surface area contributed by atoms with Crippen molar-refractivity contribution in [2.45, 2.75) is 19.1 Å². The summed E-state index contributed by atoms with van der Waals surface area (Å²) in [6.07, 6.45) is -0.0396. The van der Waals surface area contributed by atoms with E-state index in [0.717, 1.165) is 60.6 Å². The number of morpholine rings is 1. The minimum Gasteiger partial charge on any atom is -0.474 e. The molecule has 0 spiro atoms. The Bertz CT molecular complexity index is 941. The van der Waals surface area contributed by atoms with Crippen molar-refractivity contribution in [2.24, 2.45) is 5.92 Å². The van der Waals surface area contributed by atoms with Crippen LogP contribution in [0.4, 0.5) is 0 Å². The summed E-state index contributed by atoms with van der Waals surface area (Å²) in [5.41, 5.74) is 2.30. The third kappa shape index (κ3) is 2.80. The molecule has 0 saturated carbocycles. The van der Waals surface area contributed by atoms with Gasteiger partial charge in [0.15, 0.2) is 29.2 Å². The van der Waals surface area contributed by atoms with Gasteiger partial charge in [-0.2, -0.15) is 0 Å². The molecule has 4 aliphatic rings. The molecule has 0 aliphatic carbocycles. The zero-order valence-corrected chi connectivity index (χ0v) is 16.3. The fourth-order valence-electron chi connectivity index (χ4n) is 4.80. The van der Waals surface area contributed by atoms with Crippen LogP contribution in [-0.2, 0) is 4.74 Å². The lowest BCUT2D eigenvalue weighted by molar-refractivity contribution is -0.0784. The third-order valence-corrected chi connectivity index (χ3v) is 6.22. The molecule has 0 N–H and O–H groups in total. The second-order valence-electron chi connectivity index (χ2n) is 7.85. The highest BCUT2D eigenvalue weighted by Gasteiger charge is 2.41. The van der Waals surface area contributed by atoms with Crippen LogP contribution in [0.2, 0.25) is 0 Å². The fraction of sp³-hybridized carbons (Fsp3) is 0.455. The smallest absolute Gasteiger partial charge is 0.231 e. The third-order valence-electron chi connectivity index (χ3n) is 6.22. The molecular formula is C22H23NO6. The molecule has 152 valence electrons. The van der Waals surface area contributed by atoms with Gasteiger partial charge in [0, 0.05) is 36.6 Å². The molecule has 0 bridgehead atoms. The van der Waals surface area contributed by atoms with Gasteiger partial charge >= 0.3 is 0 Å². The summed E-state index contributed by atoms with van der Waals surface area (Å²) in [5, 5.41) is 0. The second-order valence-corrected chi connectivity index (χ2v) is 7.85. The molecule has 3 atom stereocenters. The van der Waals surface area contributed by atoms with E-state index in [1.165, 1.54) is 5.56 Å². The van der Waals surface area contributed by atoms with E-state index in [1.54, 1.807) is 0 Å². The molecule has 0 aromatic heterocycles. The molecule has 4 heterocycles. The molecule has 7 heteroatoms.